The van der Waals surface area contributed by atoms with Gasteiger partial charge in [-0.1, -0.05) is 34.1 Å². The van der Waals surface area contributed by atoms with Crippen LogP contribution in [0.4, 0.5) is 0 Å². The third-order valence-electron chi connectivity index (χ3n) is 6.80. The highest BCUT2D eigenvalue weighted by molar-refractivity contribution is 5.74. The largest absolute Gasteiger partial charge is 0.481 e. The molecule has 0 aliphatic rings. The molecule has 0 bridgehead atoms. The summed E-state index contributed by atoms with van der Waals surface area (Å²) in [7, 11) is 0. The fraction of sp³-hybridized carbons (Fsp3) is 0.808. The van der Waals surface area contributed by atoms with Crippen molar-refractivity contribution in [2.45, 2.75) is 65.8 Å². The molecule has 0 amide bonds. The lowest BCUT2D eigenvalue weighted by Gasteiger charge is -2.36. The molecule has 0 rings (SSSR count). The second kappa shape index (κ2) is 19.3. The number of carboxylic acids is 5. The first-order valence-electron chi connectivity index (χ1n) is 13.4. The highest BCUT2D eigenvalue weighted by Gasteiger charge is 2.31. The van der Waals surface area contributed by atoms with Gasteiger partial charge in [0.2, 0.25) is 0 Å². The van der Waals surface area contributed by atoms with Crippen LogP contribution in [0.1, 0.15) is 59.8 Å². The van der Waals surface area contributed by atoms with E-state index in [1.54, 1.807) is 14.7 Å². The smallest absolute Gasteiger partial charge is 0.321 e. The van der Waals surface area contributed by atoms with Gasteiger partial charge >= 0.3 is 29.8 Å². The van der Waals surface area contributed by atoms with Crippen LogP contribution in [0.15, 0.2) is 0 Å². The van der Waals surface area contributed by atoms with Gasteiger partial charge in [-0.3, -0.25) is 38.7 Å². The molecule has 39 heavy (non-hydrogen) atoms. The van der Waals surface area contributed by atoms with E-state index in [9.17, 15) is 39.3 Å². The van der Waals surface area contributed by atoms with E-state index >= 15 is 0 Å². The van der Waals surface area contributed by atoms with E-state index in [1.165, 1.54) is 0 Å². The summed E-state index contributed by atoms with van der Waals surface area (Å²) in [6.45, 7) is 8.38. The molecule has 0 aromatic rings. The Morgan fingerprint density at radius 3 is 1.28 bits per heavy atom. The summed E-state index contributed by atoms with van der Waals surface area (Å²) >= 11 is 0. The van der Waals surface area contributed by atoms with Crippen molar-refractivity contribution in [1.29, 1.82) is 0 Å². The Kier molecular flexibility index (Phi) is 17.9. The van der Waals surface area contributed by atoms with Crippen LogP contribution in [0.2, 0.25) is 0 Å². The van der Waals surface area contributed by atoms with E-state index in [0.29, 0.717) is 32.4 Å². The molecule has 0 fully saturated rings. The molecule has 0 aliphatic heterocycles. The molecule has 5 N–H and O–H groups in total. The zero-order valence-corrected chi connectivity index (χ0v) is 23.6. The van der Waals surface area contributed by atoms with E-state index in [2.05, 4.69) is 0 Å². The molecule has 13 nitrogen and oxygen atoms in total. The van der Waals surface area contributed by atoms with Crippen LogP contribution in [0, 0.1) is 17.8 Å². The zero-order valence-electron chi connectivity index (χ0n) is 23.6. The van der Waals surface area contributed by atoms with Gasteiger partial charge in [0.1, 0.15) is 6.04 Å². The van der Waals surface area contributed by atoms with Crippen LogP contribution < -0.4 is 0 Å². The van der Waals surface area contributed by atoms with Gasteiger partial charge in [-0.05, 0) is 30.6 Å². The fourth-order valence-electron chi connectivity index (χ4n) is 4.57. The molecule has 13 heteroatoms. The molecule has 0 radical (unpaired) electrons. The van der Waals surface area contributed by atoms with Gasteiger partial charge in [-0.25, -0.2) is 0 Å². The first-order chi connectivity index (χ1) is 18.2. The van der Waals surface area contributed by atoms with Crippen LogP contribution in [-0.2, 0) is 24.0 Å². The average Bonchev–Trinajstić information content (AvgIpc) is 2.81. The quantitative estimate of drug-likeness (QED) is 0.114. The molecule has 0 aliphatic carbocycles. The van der Waals surface area contributed by atoms with Gasteiger partial charge in [-0.15, -0.1) is 0 Å². The predicted octanol–water partition coefficient (Wildman–Crippen LogP) is 1.56. The van der Waals surface area contributed by atoms with Crippen LogP contribution >= 0.6 is 0 Å². The van der Waals surface area contributed by atoms with Gasteiger partial charge in [0.15, 0.2) is 0 Å². The van der Waals surface area contributed by atoms with Crippen molar-refractivity contribution >= 4 is 29.8 Å². The lowest BCUT2D eigenvalue weighted by molar-refractivity contribution is -0.146. The lowest BCUT2D eigenvalue weighted by atomic mass is 9.97. The lowest BCUT2D eigenvalue weighted by Crippen LogP contribution is -2.52. The molecule has 0 heterocycles. The number of hydrogen-bond acceptors (Lipinski definition) is 8. The summed E-state index contributed by atoms with van der Waals surface area (Å²) in [5.41, 5.74) is 0. The van der Waals surface area contributed by atoms with Crippen molar-refractivity contribution in [2.24, 2.45) is 17.8 Å². The monoisotopic (exact) mass is 561 g/mol. The highest BCUT2D eigenvalue weighted by atomic mass is 16.4. The second-order valence-electron chi connectivity index (χ2n) is 10.5. The molecule has 0 saturated heterocycles. The molecular weight excluding hydrogens is 514 g/mol. The highest BCUT2D eigenvalue weighted by Crippen LogP contribution is 2.17. The Labute approximate surface area is 230 Å². The molecule has 0 aromatic carbocycles. The van der Waals surface area contributed by atoms with E-state index in [4.69, 9.17) is 10.2 Å². The third kappa shape index (κ3) is 17.4. The van der Waals surface area contributed by atoms with E-state index in [-0.39, 0.29) is 69.9 Å². The summed E-state index contributed by atoms with van der Waals surface area (Å²) in [5.74, 6) is -5.39. The van der Waals surface area contributed by atoms with Gasteiger partial charge in [0.05, 0.1) is 13.1 Å². The molecule has 226 valence electrons. The summed E-state index contributed by atoms with van der Waals surface area (Å²) in [6, 6.07) is -0.873. The van der Waals surface area contributed by atoms with Crippen molar-refractivity contribution in [3.05, 3.63) is 0 Å². The molecule has 2 unspecified atom stereocenters. The van der Waals surface area contributed by atoms with Crippen LogP contribution in [0.3, 0.4) is 0 Å². The molecule has 0 aromatic heterocycles. The standard InChI is InChI=1S/C26H47N3O10/c1-5-20(4)25(26(38)39)29(12-10-27(16-23(34)35)14-18(2)6-8-21(30)31)13-11-28(17-24(36)37)15-19(3)7-9-22(32)33/h18-20,25H,5-17H2,1-4H3,(H,30,31)(H,32,33)(H,34,35)(H,36,37)(H,38,39)/t18?,19?,20-,25-/m0/s1. The maximum absolute atomic E-state index is 12.3. The molecule has 0 saturated carbocycles. The van der Waals surface area contributed by atoms with Crippen molar-refractivity contribution < 1.29 is 49.5 Å². The minimum absolute atomic E-state index is 0.0341. The number of nitrogens with zero attached hydrogens (tertiary/aromatic N) is 3. The van der Waals surface area contributed by atoms with Crippen molar-refractivity contribution in [1.82, 2.24) is 14.7 Å². The topological polar surface area (TPSA) is 196 Å². The van der Waals surface area contributed by atoms with E-state index in [0.717, 1.165) is 0 Å². The number of hydrogen-bond donors (Lipinski definition) is 5. The molecule has 4 atom stereocenters. The molecule has 0 spiro atoms. The summed E-state index contributed by atoms with van der Waals surface area (Å²) in [6.07, 6.45) is 1.28. The van der Waals surface area contributed by atoms with Crippen molar-refractivity contribution in [3.8, 4) is 0 Å². The number of aliphatic carboxylic acids is 5. The van der Waals surface area contributed by atoms with Crippen LogP contribution in [0.25, 0.3) is 0 Å². The normalized spacial score (nSPS) is 14.7. The number of carboxylic acid groups (broad SMARTS) is 5. The van der Waals surface area contributed by atoms with Gasteiger partial charge < -0.3 is 25.5 Å². The van der Waals surface area contributed by atoms with Crippen LogP contribution in [-0.4, -0.2) is 128 Å². The maximum atomic E-state index is 12.3. The van der Waals surface area contributed by atoms with E-state index in [1.807, 2.05) is 27.7 Å². The SMILES string of the molecule is CC[C@H](C)[C@@H](C(=O)O)N(CCN(CC(=O)O)CC(C)CCC(=O)O)CCN(CC(=O)O)CC(C)CCC(=O)O. The van der Waals surface area contributed by atoms with Crippen molar-refractivity contribution in [2.75, 3.05) is 52.4 Å². The summed E-state index contributed by atoms with van der Waals surface area (Å²) < 4.78 is 0. The van der Waals surface area contributed by atoms with Gasteiger partial charge in [0.25, 0.3) is 0 Å². The average molecular weight is 562 g/mol. The van der Waals surface area contributed by atoms with E-state index < -0.39 is 35.9 Å². The fourth-order valence-corrected chi connectivity index (χ4v) is 4.57. The Balaban J connectivity index is 5.68. The minimum Gasteiger partial charge on any atom is -0.481 e. The van der Waals surface area contributed by atoms with Gasteiger partial charge in [0, 0.05) is 52.1 Å². The predicted molar refractivity (Wildman–Crippen MR) is 143 cm³/mol. The second-order valence-corrected chi connectivity index (χ2v) is 10.5. The maximum Gasteiger partial charge on any atom is 0.321 e. The Hall–Kier alpha value is -2.77. The Bertz CT molecular complexity index is 744. The summed E-state index contributed by atoms with van der Waals surface area (Å²) in [4.78, 5) is 62.1. The first kappa shape index (κ1) is 36.2. The van der Waals surface area contributed by atoms with Gasteiger partial charge in [-0.2, -0.15) is 0 Å². The number of rotatable bonds is 24. The first-order valence-corrected chi connectivity index (χ1v) is 13.4. The minimum atomic E-state index is -1.05. The van der Waals surface area contributed by atoms with Crippen LogP contribution in [0.5, 0.6) is 0 Å². The summed E-state index contributed by atoms with van der Waals surface area (Å²) in [5, 5.41) is 46.7. The number of carbonyl (C=O) groups is 5. The zero-order chi connectivity index (χ0) is 30.1. The molecular formula is C26H47N3O10. The Morgan fingerprint density at radius 2 is 1.00 bits per heavy atom. The Morgan fingerprint density at radius 1 is 0.615 bits per heavy atom. The van der Waals surface area contributed by atoms with Crippen molar-refractivity contribution in [3.63, 3.8) is 0 Å². The third-order valence-corrected chi connectivity index (χ3v) is 6.80.